The maximum atomic E-state index is 11.1. The highest BCUT2D eigenvalue weighted by atomic mass is 16.1. The van der Waals surface area contributed by atoms with E-state index in [1.807, 2.05) is 25.1 Å². The fourth-order valence-electron chi connectivity index (χ4n) is 2.15. The molecule has 2 rings (SSSR count). The summed E-state index contributed by atoms with van der Waals surface area (Å²) in [5, 5.41) is 0. The van der Waals surface area contributed by atoms with Crippen molar-refractivity contribution < 1.29 is 4.79 Å². The van der Waals surface area contributed by atoms with Crippen LogP contribution in [-0.2, 0) is 4.79 Å². The van der Waals surface area contributed by atoms with E-state index in [2.05, 4.69) is 14.9 Å². The van der Waals surface area contributed by atoms with Crippen molar-refractivity contribution in [2.75, 3.05) is 37.0 Å². The van der Waals surface area contributed by atoms with Gasteiger partial charge in [0.25, 0.3) is 0 Å². The Morgan fingerprint density at radius 2 is 2.06 bits per heavy atom. The first-order valence-electron chi connectivity index (χ1n) is 6.11. The lowest BCUT2D eigenvalue weighted by Crippen LogP contribution is -2.39. The average molecular weight is 249 g/mol. The molecule has 1 aromatic rings. The van der Waals surface area contributed by atoms with Crippen molar-refractivity contribution in [2.45, 2.75) is 12.8 Å². The van der Waals surface area contributed by atoms with E-state index >= 15 is 0 Å². The van der Waals surface area contributed by atoms with Crippen LogP contribution < -0.4 is 15.5 Å². The summed E-state index contributed by atoms with van der Waals surface area (Å²) in [4.78, 5) is 23.7. The Balaban J connectivity index is 2.05. The van der Waals surface area contributed by atoms with Crippen LogP contribution in [0.2, 0.25) is 0 Å². The molecule has 1 saturated heterocycles. The maximum Gasteiger partial charge on any atom is 0.220 e. The Hall–Kier alpha value is -1.85. The molecule has 0 aliphatic carbocycles. The van der Waals surface area contributed by atoms with E-state index < -0.39 is 0 Å². The molecule has 0 spiro atoms. The third-order valence-corrected chi connectivity index (χ3v) is 3.32. The smallest absolute Gasteiger partial charge is 0.220 e. The molecule has 0 atom stereocenters. The van der Waals surface area contributed by atoms with Gasteiger partial charge in [-0.1, -0.05) is 0 Å². The zero-order valence-electron chi connectivity index (χ0n) is 10.8. The van der Waals surface area contributed by atoms with Crippen LogP contribution in [0.15, 0.2) is 12.4 Å². The molecule has 1 aliphatic heterocycles. The molecular formula is C12H19N5O. The first-order valence-corrected chi connectivity index (χ1v) is 6.11. The van der Waals surface area contributed by atoms with Crippen molar-refractivity contribution in [3.05, 3.63) is 12.4 Å². The number of nitrogens with two attached hydrogens (primary N) is 1. The minimum absolute atomic E-state index is 0.0106. The number of anilines is 2. The van der Waals surface area contributed by atoms with E-state index in [4.69, 9.17) is 5.73 Å². The van der Waals surface area contributed by atoms with E-state index in [1.165, 1.54) is 0 Å². The number of carbonyl (C=O) groups is 1. The molecule has 6 nitrogen and oxygen atoms in total. The van der Waals surface area contributed by atoms with Gasteiger partial charge in [0.05, 0.1) is 0 Å². The van der Waals surface area contributed by atoms with E-state index in [0.717, 1.165) is 37.6 Å². The summed E-state index contributed by atoms with van der Waals surface area (Å²) in [6.45, 7) is 1.63. The van der Waals surface area contributed by atoms with E-state index in [9.17, 15) is 4.79 Å². The highest BCUT2D eigenvalue weighted by Gasteiger charge is 2.23. The van der Waals surface area contributed by atoms with Gasteiger partial charge in [-0.3, -0.25) is 4.79 Å². The maximum absolute atomic E-state index is 11.1. The zero-order chi connectivity index (χ0) is 13.1. The number of carbonyl (C=O) groups excluding carboxylic acids is 1. The summed E-state index contributed by atoms with van der Waals surface area (Å²) in [6.07, 6.45) is 3.18. The fraction of sp³-hybridized carbons (Fsp3) is 0.583. The van der Waals surface area contributed by atoms with E-state index in [-0.39, 0.29) is 11.8 Å². The second-order valence-electron chi connectivity index (χ2n) is 4.79. The minimum atomic E-state index is -0.189. The summed E-state index contributed by atoms with van der Waals surface area (Å²) in [7, 11) is 3.90. The van der Waals surface area contributed by atoms with Crippen LogP contribution in [0, 0.1) is 5.92 Å². The molecule has 1 fully saturated rings. The molecule has 18 heavy (non-hydrogen) atoms. The molecule has 0 aromatic carbocycles. The third-order valence-electron chi connectivity index (χ3n) is 3.32. The second kappa shape index (κ2) is 5.20. The fourth-order valence-corrected chi connectivity index (χ4v) is 2.15. The summed E-state index contributed by atoms with van der Waals surface area (Å²) in [6, 6.07) is 1.96. The van der Waals surface area contributed by atoms with Gasteiger partial charge >= 0.3 is 0 Å². The normalized spacial score (nSPS) is 16.7. The topological polar surface area (TPSA) is 75.3 Å². The lowest BCUT2D eigenvalue weighted by Gasteiger charge is -2.31. The van der Waals surface area contributed by atoms with Gasteiger partial charge in [-0.15, -0.1) is 0 Å². The standard InChI is InChI=1S/C12H19N5O/c1-16(2)10-7-11(15-8-14-10)17-5-3-9(4-6-17)12(13)18/h7-9H,3-6H2,1-2H3,(H2,13,18). The molecule has 0 unspecified atom stereocenters. The largest absolute Gasteiger partial charge is 0.369 e. The Kier molecular flexibility index (Phi) is 3.64. The Morgan fingerprint density at radius 1 is 1.39 bits per heavy atom. The van der Waals surface area contributed by atoms with Crippen LogP contribution in [0.5, 0.6) is 0 Å². The molecule has 0 bridgehead atoms. The van der Waals surface area contributed by atoms with Crippen molar-refractivity contribution in [3.8, 4) is 0 Å². The first kappa shape index (κ1) is 12.6. The molecule has 1 aliphatic rings. The van der Waals surface area contributed by atoms with Gasteiger partial charge in [0.1, 0.15) is 18.0 Å². The number of piperidine rings is 1. The van der Waals surface area contributed by atoms with Gasteiger partial charge in [-0.25, -0.2) is 9.97 Å². The van der Waals surface area contributed by atoms with Crippen LogP contribution in [-0.4, -0.2) is 43.1 Å². The highest BCUT2D eigenvalue weighted by molar-refractivity contribution is 5.77. The number of amides is 1. The number of hydrogen-bond donors (Lipinski definition) is 1. The quantitative estimate of drug-likeness (QED) is 0.830. The summed E-state index contributed by atoms with van der Waals surface area (Å²) in [5.41, 5.74) is 5.33. The van der Waals surface area contributed by atoms with Gasteiger partial charge in [-0.2, -0.15) is 0 Å². The Bertz CT molecular complexity index is 426. The molecule has 2 heterocycles. The van der Waals surface area contributed by atoms with Crippen LogP contribution in [0.1, 0.15) is 12.8 Å². The molecular weight excluding hydrogens is 230 g/mol. The van der Waals surface area contributed by atoms with Gasteiger partial charge in [0.2, 0.25) is 5.91 Å². The predicted molar refractivity (Wildman–Crippen MR) is 70.5 cm³/mol. The molecule has 6 heteroatoms. The molecule has 2 N–H and O–H groups in total. The van der Waals surface area contributed by atoms with Crippen molar-refractivity contribution in [2.24, 2.45) is 11.7 Å². The van der Waals surface area contributed by atoms with Crippen molar-refractivity contribution in [1.29, 1.82) is 0 Å². The van der Waals surface area contributed by atoms with Gasteiger partial charge in [-0.05, 0) is 12.8 Å². The molecule has 98 valence electrons. The average Bonchev–Trinajstić information content (AvgIpc) is 2.39. The van der Waals surface area contributed by atoms with Crippen LogP contribution in [0.4, 0.5) is 11.6 Å². The molecule has 0 radical (unpaired) electrons. The SMILES string of the molecule is CN(C)c1cc(N2CCC(C(N)=O)CC2)ncn1. The van der Waals surface area contributed by atoms with E-state index in [0.29, 0.717) is 0 Å². The molecule has 1 aromatic heterocycles. The van der Waals surface area contributed by atoms with Crippen molar-refractivity contribution in [3.63, 3.8) is 0 Å². The highest BCUT2D eigenvalue weighted by Crippen LogP contribution is 2.23. The number of nitrogens with zero attached hydrogens (tertiary/aromatic N) is 4. The number of hydrogen-bond acceptors (Lipinski definition) is 5. The predicted octanol–water partition coefficient (Wildman–Crippen LogP) is 0.244. The van der Waals surface area contributed by atoms with Gasteiger partial charge in [0.15, 0.2) is 0 Å². The first-order chi connectivity index (χ1) is 8.58. The number of aromatic nitrogens is 2. The summed E-state index contributed by atoms with van der Waals surface area (Å²) in [5.74, 6) is 1.62. The Labute approximate surface area is 107 Å². The van der Waals surface area contributed by atoms with Crippen molar-refractivity contribution in [1.82, 2.24) is 9.97 Å². The van der Waals surface area contributed by atoms with Gasteiger partial charge in [0, 0.05) is 39.2 Å². The number of rotatable bonds is 3. The van der Waals surface area contributed by atoms with Crippen LogP contribution in [0.3, 0.4) is 0 Å². The Morgan fingerprint density at radius 3 is 2.61 bits per heavy atom. The summed E-state index contributed by atoms with van der Waals surface area (Å²) < 4.78 is 0. The van der Waals surface area contributed by atoms with Gasteiger partial charge < -0.3 is 15.5 Å². The lowest BCUT2D eigenvalue weighted by molar-refractivity contribution is -0.122. The monoisotopic (exact) mass is 249 g/mol. The summed E-state index contributed by atoms with van der Waals surface area (Å²) >= 11 is 0. The molecule has 0 saturated carbocycles. The van der Waals surface area contributed by atoms with Crippen LogP contribution in [0.25, 0.3) is 0 Å². The van der Waals surface area contributed by atoms with E-state index in [1.54, 1.807) is 6.33 Å². The number of primary amides is 1. The van der Waals surface area contributed by atoms with Crippen molar-refractivity contribution >= 4 is 17.5 Å². The van der Waals surface area contributed by atoms with Crippen LogP contribution >= 0.6 is 0 Å². The third kappa shape index (κ3) is 2.69. The zero-order valence-corrected chi connectivity index (χ0v) is 10.8. The lowest BCUT2D eigenvalue weighted by atomic mass is 9.96. The minimum Gasteiger partial charge on any atom is -0.369 e. The second-order valence-corrected chi connectivity index (χ2v) is 4.79. The molecule has 1 amide bonds.